The fourth-order valence-electron chi connectivity index (χ4n) is 3.89. The molecule has 0 aliphatic carbocycles. The number of nitrogens with zero attached hydrogens (tertiary/aromatic N) is 3. The molecule has 0 radical (unpaired) electrons. The molecule has 1 N–H and O–H groups in total. The number of amides is 2. The topological polar surface area (TPSA) is 84.0 Å². The quantitative estimate of drug-likeness (QED) is 0.555. The first-order chi connectivity index (χ1) is 16.6. The van der Waals surface area contributed by atoms with E-state index in [0.717, 1.165) is 23.7 Å². The van der Waals surface area contributed by atoms with Gasteiger partial charge in [0.25, 0.3) is 5.91 Å². The first-order valence-electron chi connectivity index (χ1n) is 11.1. The van der Waals surface area contributed by atoms with Gasteiger partial charge < -0.3 is 24.6 Å². The van der Waals surface area contributed by atoms with Crippen molar-refractivity contribution in [2.45, 2.75) is 12.8 Å². The number of hydrogen-bond acceptors (Lipinski definition) is 7. The van der Waals surface area contributed by atoms with Crippen molar-refractivity contribution in [2.75, 3.05) is 50.6 Å². The van der Waals surface area contributed by atoms with Crippen molar-refractivity contribution in [3.8, 4) is 11.5 Å². The van der Waals surface area contributed by atoms with Crippen LogP contribution in [0.1, 0.15) is 21.7 Å². The number of pyridine rings is 1. The number of benzene rings is 1. The molecule has 0 atom stereocenters. The molecule has 1 aliphatic rings. The van der Waals surface area contributed by atoms with Crippen LogP contribution in [0.4, 0.5) is 11.5 Å². The average Bonchev–Trinajstić information content (AvgIpc) is 3.24. The molecule has 0 spiro atoms. The van der Waals surface area contributed by atoms with Crippen LogP contribution in [0.25, 0.3) is 0 Å². The zero-order chi connectivity index (χ0) is 23.9. The maximum atomic E-state index is 13.1. The highest BCUT2D eigenvalue weighted by Gasteiger charge is 2.22. The van der Waals surface area contributed by atoms with Gasteiger partial charge in [-0.1, -0.05) is 6.07 Å². The maximum Gasteiger partial charge on any atom is 0.254 e. The summed E-state index contributed by atoms with van der Waals surface area (Å²) in [5.41, 5.74) is 1.22. The Labute approximate surface area is 203 Å². The highest BCUT2D eigenvalue weighted by molar-refractivity contribution is 7.10. The van der Waals surface area contributed by atoms with Gasteiger partial charge in [-0.05, 0) is 42.1 Å². The number of carbonyl (C=O) groups excluding carboxylic acids is 2. The molecule has 1 saturated heterocycles. The molecule has 0 bridgehead atoms. The van der Waals surface area contributed by atoms with Gasteiger partial charge in [-0.3, -0.25) is 9.59 Å². The Morgan fingerprint density at radius 1 is 1.03 bits per heavy atom. The summed E-state index contributed by atoms with van der Waals surface area (Å²) in [7, 11) is 3.14. The number of rotatable bonds is 7. The molecule has 0 unspecified atom stereocenters. The van der Waals surface area contributed by atoms with Crippen LogP contribution in [0.15, 0.2) is 54.0 Å². The van der Waals surface area contributed by atoms with Crippen LogP contribution in [0.3, 0.4) is 0 Å². The van der Waals surface area contributed by atoms with Gasteiger partial charge in [0.15, 0.2) is 0 Å². The molecule has 3 heterocycles. The largest absolute Gasteiger partial charge is 0.497 e. The highest BCUT2D eigenvalue weighted by Crippen LogP contribution is 2.24. The van der Waals surface area contributed by atoms with E-state index >= 15 is 0 Å². The molecule has 2 amide bonds. The van der Waals surface area contributed by atoms with Gasteiger partial charge in [-0.15, -0.1) is 11.3 Å². The van der Waals surface area contributed by atoms with E-state index in [1.807, 2.05) is 34.5 Å². The van der Waals surface area contributed by atoms with Crippen LogP contribution in [0.2, 0.25) is 0 Å². The van der Waals surface area contributed by atoms with Crippen molar-refractivity contribution in [1.29, 1.82) is 0 Å². The van der Waals surface area contributed by atoms with Crippen molar-refractivity contribution < 1.29 is 19.1 Å². The first-order valence-corrected chi connectivity index (χ1v) is 12.0. The maximum absolute atomic E-state index is 13.1. The third-order valence-corrected chi connectivity index (χ3v) is 6.53. The van der Waals surface area contributed by atoms with Gasteiger partial charge in [-0.25, -0.2) is 4.98 Å². The smallest absolute Gasteiger partial charge is 0.254 e. The molecule has 2 aromatic heterocycles. The summed E-state index contributed by atoms with van der Waals surface area (Å²) in [4.78, 5) is 34.9. The predicted molar refractivity (Wildman–Crippen MR) is 133 cm³/mol. The van der Waals surface area contributed by atoms with Crippen LogP contribution in [-0.4, -0.2) is 62.1 Å². The zero-order valence-electron chi connectivity index (χ0n) is 19.3. The number of ether oxygens (including phenoxy) is 2. The van der Waals surface area contributed by atoms with Crippen LogP contribution in [0, 0.1) is 0 Å². The average molecular weight is 481 g/mol. The molecular weight excluding hydrogens is 452 g/mol. The number of methoxy groups -OCH3 is 2. The zero-order valence-corrected chi connectivity index (χ0v) is 20.1. The van der Waals surface area contributed by atoms with Crippen molar-refractivity contribution in [3.63, 3.8) is 0 Å². The van der Waals surface area contributed by atoms with Crippen LogP contribution in [-0.2, 0) is 11.2 Å². The Balaban J connectivity index is 1.35. The van der Waals surface area contributed by atoms with Crippen LogP contribution >= 0.6 is 11.3 Å². The van der Waals surface area contributed by atoms with Crippen molar-refractivity contribution in [2.24, 2.45) is 0 Å². The highest BCUT2D eigenvalue weighted by atomic mass is 32.1. The molecule has 1 aliphatic heterocycles. The van der Waals surface area contributed by atoms with E-state index in [1.54, 1.807) is 50.0 Å². The Kier molecular flexibility index (Phi) is 7.64. The second-order valence-electron chi connectivity index (χ2n) is 7.94. The molecule has 9 heteroatoms. The van der Waals surface area contributed by atoms with Gasteiger partial charge in [0.05, 0.1) is 32.5 Å². The molecule has 0 saturated carbocycles. The van der Waals surface area contributed by atoms with E-state index in [0.29, 0.717) is 48.8 Å². The normalized spacial score (nSPS) is 13.8. The summed E-state index contributed by atoms with van der Waals surface area (Å²) >= 11 is 1.57. The molecule has 8 nitrogen and oxygen atoms in total. The third-order valence-electron chi connectivity index (χ3n) is 5.65. The van der Waals surface area contributed by atoms with Gasteiger partial charge in [0.1, 0.15) is 17.3 Å². The van der Waals surface area contributed by atoms with Gasteiger partial charge >= 0.3 is 0 Å². The summed E-state index contributed by atoms with van der Waals surface area (Å²) in [5.74, 6) is 1.90. The van der Waals surface area contributed by atoms with E-state index in [9.17, 15) is 9.59 Å². The summed E-state index contributed by atoms with van der Waals surface area (Å²) < 4.78 is 10.6. The third kappa shape index (κ3) is 5.85. The Morgan fingerprint density at radius 3 is 2.47 bits per heavy atom. The minimum atomic E-state index is -0.0601. The second-order valence-corrected chi connectivity index (χ2v) is 8.98. The van der Waals surface area contributed by atoms with Crippen molar-refractivity contribution in [1.82, 2.24) is 9.88 Å². The van der Waals surface area contributed by atoms with Gasteiger partial charge in [-0.2, -0.15) is 0 Å². The molecule has 1 aromatic carbocycles. The summed E-state index contributed by atoms with van der Waals surface area (Å²) in [6.45, 7) is 2.71. The van der Waals surface area contributed by atoms with E-state index in [1.165, 1.54) is 0 Å². The molecule has 3 aromatic rings. The lowest BCUT2D eigenvalue weighted by Crippen LogP contribution is -2.35. The fourth-order valence-corrected chi connectivity index (χ4v) is 4.59. The second kappa shape index (κ2) is 11.0. The van der Waals surface area contributed by atoms with Gasteiger partial charge in [0.2, 0.25) is 5.91 Å². The lowest BCUT2D eigenvalue weighted by molar-refractivity contribution is -0.115. The van der Waals surface area contributed by atoms with Gasteiger partial charge in [0, 0.05) is 42.7 Å². The molecule has 1 fully saturated rings. The number of aromatic nitrogens is 1. The van der Waals surface area contributed by atoms with Crippen LogP contribution in [0.5, 0.6) is 11.5 Å². The standard InChI is InChI=1S/C25H28N4O4S/c1-32-20-13-18(14-21(15-20)33-2)25(31)29-9-4-8-28(10-11-29)23-7-6-19(17-26-23)27-24(30)16-22-5-3-12-34-22/h3,5-7,12-15,17H,4,8-11,16H2,1-2H3,(H,27,30). The SMILES string of the molecule is COc1cc(OC)cc(C(=O)N2CCCN(c3ccc(NC(=O)Cc4cccs4)cn3)CC2)c1. The van der Waals surface area contributed by atoms with Crippen molar-refractivity contribution >= 4 is 34.7 Å². The Hall–Kier alpha value is -3.59. The first kappa shape index (κ1) is 23.6. The van der Waals surface area contributed by atoms with E-state index < -0.39 is 0 Å². The lowest BCUT2D eigenvalue weighted by Gasteiger charge is -2.23. The number of anilines is 2. The van der Waals surface area contributed by atoms with Crippen molar-refractivity contribution in [3.05, 3.63) is 64.5 Å². The van der Waals surface area contributed by atoms with E-state index in [-0.39, 0.29) is 11.8 Å². The summed E-state index contributed by atoms with van der Waals surface area (Å²) in [5, 5.41) is 4.86. The molecular formula is C25H28N4O4S. The molecule has 178 valence electrons. The number of thiophene rings is 1. The summed E-state index contributed by atoms with van der Waals surface area (Å²) in [6, 6.07) is 12.9. The van der Waals surface area contributed by atoms with E-state index in [2.05, 4.69) is 15.2 Å². The Morgan fingerprint density at radius 2 is 1.82 bits per heavy atom. The molecule has 4 rings (SSSR count). The predicted octanol–water partition coefficient (Wildman–Crippen LogP) is 3.69. The number of nitrogens with one attached hydrogen (secondary N) is 1. The monoisotopic (exact) mass is 480 g/mol. The fraction of sp³-hybridized carbons (Fsp3) is 0.320. The molecule has 34 heavy (non-hydrogen) atoms. The number of carbonyl (C=O) groups is 2. The lowest BCUT2D eigenvalue weighted by atomic mass is 10.1. The minimum absolute atomic E-state index is 0.0455. The summed E-state index contributed by atoms with van der Waals surface area (Å²) in [6.07, 6.45) is 2.86. The Bertz CT molecular complexity index is 1100. The van der Waals surface area contributed by atoms with Crippen LogP contribution < -0.4 is 19.7 Å². The minimum Gasteiger partial charge on any atom is -0.497 e. The van der Waals surface area contributed by atoms with E-state index in [4.69, 9.17) is 9.47 Å². The number of hydrogen-bond donors (Lipinski definition) is 1.